The van der Waals surface area contributed by atoms with Gasteiger partial charge in [0.1, 0.15) is 5.75 Å². The molecule has 5 heteroatoms. The average molecular weight is 333 g/mol. The lowest BCUT2D eigenvalue weighted by atomic mass is 10.0. The van der Waals surface area contributed by atoms with Crippen molar-refractivity contribution in [2.75, 3.05) is 5.32 Å². The molecule has 3 aromatic rings. The Bertz CT molecular complexity index is 872. The second-order valence-corrected chi connectivity index (χ2v) is 6.08. The van der Waals surface area contributed by atoms with Crippen LogP contribution >= 0.6 is 0 Å². The van der Waals surface area contributed by atoms with E-state index >= 15 is 0 Å². The fourth-order valence-corrected chi connectivity index (χ4v) is 2.41. The molecule has 0 saturated carbocycles. The highest BCUT2D eigenvalue weighted by Gasteiger charge is 2.08. The van der Waals surface area contributed by atoms with Crippen LogP contribution in [0.25, 0.3) is 11.4 Å². The van der Waals surface area contributed by atoms with Gasteiger partial charge in [0.05, 0.1) is 18.1 Å². The SMILES string of the molecule is CC(C)c1ccc(C(=O)Nc2cnc(-c3cccc(O)c3)nc2)cc1. The first kappa shape index (κ1) is 16.6. The Labute approximate surface area is 146 Å². The number of aromatic nitrogens is 2. The summed E-state index contributed by atoms with van der Waals surface area (Å²) in [7, 11) is 0. The fraction of sp³-hybridized carbons (Fsp3) is 0.150. The molecule has 0 spiro atoms. The number of phenols is 1. The van der Waals surface area contributed by atoms with E-state index in [2.05, 4.69) is 29.1 Å². The number of nitrogens with one attached hydrogen (secondary N) is 1. The number of carbonyl (C=O) groups excluding carboxylic acids is 1. The Hall–Kier alpha value is -3.21. The van der Waals surface area contributed by atoms with Crippen molar-refractivity contribution in [1.82, 2.24) is 9.97 Å². The van der Waals surface area contributed by atoms with Crippen molar-refractivity contribution in [2.24, 2.45) is 0 Å². The Balaban J connectivity index is 1.71. The van der Waals surface area contributed by atoms with Gasteiger partial charge in [-0.05, 0) is 35.7 Å². The summed E-state index contributed by atoms with van der Waals surface area (Å²) in [5.74, 6) is 0.859. The predicted octanol–water partition coefficient (Wildman–Crippen LogP) is 4.22. The van der Waals surface area contributed by atoms with Crippen LogP contribution in [0.2, 0.25) is 0 Å². The minimum Gasteiger partial charge on any atom is -0.508 e. The van der Waals surface area contributed by atoms with Gasteiger partial charge in [-0.3, -0.25) is 4.79 Å². The summed E-state index contributed by atoms with van der Waals surface area (Å²) < 4.78 is 0. The van der Waals surface area contributed by atoms with E-state index < -0.39 is 0 Å². The van der Waals surface area contributed by atoms with Crippen LogP contribution in [0, 0.1) is 0 Å². The van der Waals surface area contributed by atoms with Gasteiger partial charge in [0.2, 0.25) is 0 Å². The third-order valence-corrected chi connectivity index (χ3v) is 3.85. The molecule has 0 bridgehead atoms. The number of benzene rings is 2. The Kier molecular flexibility index (Phi) is 4.75. The summed E-state index contributed by atoms with van der Waals surface area (Å²) in [6, 6.07) is 14.3. The largest absolute Gasteiger partial charge is 0.508 e. The molecular weight excluding hydrogens is 314 g/mol. The second-order valence-electron chi connectivity index (χ2n) is 6.08. The first-order valence-electron chi connectivity index (χ1n) is 8.05. The summed E-state index contributed by atoms with van der Waals surface area (Å²) >= 11 is 0. The molecule has 1 heterocycles. The van der Waals surface area contributed by atoms with Crippen molar-refractivity contribution in [3.63, 3.8) is 0 Å². The third kappa shape index (κ3) is 4.01. The van der Waals surface area contributed by atoms with Crippen LogP contribution < -0.4 is 5.32 Å². The molecule has 5 nitrogen and oxygen atoms in total. The van der Waals surface area contributed by atoms with Gasteiger partial charge in [-0.15, -0.1) is 0 Å². The number of nitrogens with zero attached hydrogens (tertiary/aromatic N) is 2. The molecule has 25 heavy (non-hydrogen) atoms. The van der Waals surface area contributed by atoms with Crippen LogP contribution in [0.5, 0.6) is 5.75 Å². The highest BCUT2D eigenvalue weighted by atomic mass is 16.3. The number of amides is 1. The van der Waals surface area contributed by atoms with E-state index in [-0.39, 0.29) is 11.7 Å². The zero-order chi connectivity index (χ0) is 17.8. The minimum absolute atomic E-state index is 0.156. The number of aromatic hydroxyl groups is 1. The Morgan fingerprint density at radius 2 is 1.72 bits per heavy atom. The van der Waals surface area contributed by atoms with Crippen molar-refractivity contribution < 1.29 is 9.90 Å². The minimum atomic E-state index is -0.205. The lowest BCUT2D eigenvalue weighted by molar-refractivity contribution is 0.102. The maximum atomic E-state index is 12.3. The Morgan fingerprint density at radius 1 is 1.04 bits per heavy atom. The summed E-state index contributed by atoms with van der Waals surface area (Å²) in [6.07, 6.45) is 3.10. The highest BCUT2D eigenvalue weighted by Crippen LogP contribution is 2.20. The number of rotatable bonds is 4. The zero-order valence-electron chi connectivity index (χ0n) is 14.1. The summed E-state index contributed by atoms with van der Waals surface area (Å²) in [6.45, 7) is 4.22. The lowest BCUT2D eigenvalue weighted by Gasteiger charge is -2.08. The van der Waals surface area contributed by atoms with E-state index in [1.165, 1.54) is 5.56 Å². The average Bonchev–Trinajstić information content (AvgIpc) is 2.62. The molecule has 0 aliphatic rings. The molecule has 0 radical (unpaired) electrons. The van der Waals surface area contributed by atoms with E-state index in [4.69, 9.17) is 0 Å². The van der Waals surface area contributed by atoms with Gasteiger partial charge in [-0.2, -0.15) is 0 Å². The monoisotopic (exact) mass is 333 g/mol. The second kappa shape index (κ2) is 7.13. The molecule has 2 aromatic carbocycles. The van der Waals surface area contributed by atoms with E-state index in [1.807, 2.05) is 30.3 Å². The molecule has 1 amide bonds. The normalized spacial score (nSPS) is 10.7. The highest BCUT2D eigenvalue weighted by molar-refractivity contribution is 6.04. The van der Waals surface area contributed by atoms with Crippen molar-refractivity contribution in [1.29, 1.82) is 0 Å². The van der Waals surface area contributed by atoms with Gasteiger partial charge >= 0.3 is 0 Å². The van der Waals surface area contributed by atoms with Crippen LogP contribution in [-0.2, 0) is 0 Å². The molecule has 0 aliphatic carbocycles. The number of hydrogen-bond donors (Lipinski definition) is 2. The van der Waals surface area contributed by atoms with Gasteiger partial charge in [-0.25, -0.2) is 9.97 Å². The van der Waals surface area contributed by atoms with Crippen molar-refractivity contribution >= 4 is 11.6 Å². The van der Waals surface area contributed by atoms with Crippen LogP contribution in [-0.4, -0.2) is 21.0 Å². The molecule has 0 fully saturated rings. The number of carbonyl (C=O) groups is 1. The first-order chi connectivity index (χ1) is 12.0. The quantitative estimate of drug-likeness (QED) is 0.749. The first-order valence-corrected chi connectivity index (χ1v) is 8.05. The maximum Gasteiger partial charge on any atom is 0.255 e. The third-order valence-electron chi connectivity index (χ3n) is 3.85. The van der Waals surface area contributed by atoms with Gasteiger partial charge in [-0.1, -0.05) is 38.1 Å². The number of phenolic OH excluding ortho intramolecular Hbond substituents is 1. The molecule has 126 valence electrons. The van der Waals surface area contributed by atoms with Crippen molar-refractivity contribution in [3.8, 4) is 17.1 Å². The van der Waals surface area contributed by atoms with Gasteiger partial charge in [0, 0.05) is 11.1 Å². The number of hydrogen-bond acceptors (Lipinski definition) is 4. The van der Waals surface area contributed by atoms with Crippen LogP contribution in [0.3, 0.4) is 0 Å². The van der Waals surface area contributed by atoms with Gasteiger partial charge in [0.15, 0.2) is 5.82 Å². The summed E-state index contributed by atoms with van der Waals surface area (Å²) in [4.78, 5) is 20.8. The fourth-order valence-electron chi connectivity index (χ4n) is 2.41. The summed E-state index contributed by atoms with van der Waals surface area (Å²) in [5, 5.41) is 12.3. The molecule has 3 rings (SSSR count). The standard InChI is InChI=1S/C20H19N3O2/c1-13(2)14-6-8-15(9-7-14)20(25)23-17-11-21-19(22-12-17)16-4-3-5-18(24)10-16/h3-13,24H,1-2H3,(H,23,25). The Morgan fingerprint density at radius 3 is 2.32 bits per heavy atom. The summed E-state index contributed by atoms with van der Waals surface area (Å²) in [5.41, 5.74) is 3.00. The van der Waals surface area contributed by atoms with Crippen LogP contribution in [0.4, 0.5) is 5.69 Å². The van der Waals surface area contributed by atoms with E-state index in [0.29, 0.717) is 28.6 Å². The molecule has 1 aromatic heterocycles. The number of anilines is 1. The van der Waals surface area contributed by atoms with Crippen molar-refractivity contribution in [3.05, 3.63) is 72.1 Å². The zero-order valence-corrected chi connectivity index (χ0v) is 14.1. The molecule has 2 N–H and O–H groups in total. The molecular formula is C20H19N3O2. The molecule has 0 aliphatic heterocycles. The predicted molar refractivity (Wildman–Crippen MR) is 97.6 cm³/mol. The molecule has 0 saturated heterocycles. The molecule has 0 atom stereocenters. The topological polar surface area (TPSA) is 75.1 Å². The van der Waals surface area contributed by atoms with Gasteiger partial charge < -0.3 is 10.4 Å². The van der Waals surface area contributed by atoms with Gasteiger partial charge in [0.25, 0.3) is 5.91 Å². The smallest absolute Gasteiger partial charge is 0.255 e. The van der Waals surface area contributed by atoms with Crippen LogP contribution in [0.15, 0.2) is 60.9 Å². The molecule has 0 unspecified atom stereocenters. The van der Waals surface area contributed by atoms with E-state index in [1.54, 1.807) is 30.6 Å². The van der Waals surface area contributed by atoms with Crippen molar-refractivity contribution in [2.45, 2.75) is 19.8 Å². The van der Waals surface area contributed by atoms with E-state index in [0.717, 1.165) is 0 Å². The van der Waals surface area contributed by atoms with Crippen LogP contribution in [0.1, 0.15) is 35.7 Å². The van der Waals surface area contributed by atoms with E-state index in [9.17, 15) is 9.90 Å². The lowest BCUT2D eigenvalue weighted by Crippen LogP contribution is -2.12. The maximum absolute atomic E-state index is 12.3.